The van der Waals surface area contributed by atoms with Crippen molar-refractivity contribution < 1.29 is 19.0 Å². The quantitative estimate of drug-likeness (QED) is 0.554. The molecule has 122 valence electrons. The van der Waals surface area contributed by atoms with Gasteiger partial charge in [0.15, 0.2) is 5.79 Å². The maximum Gasteiger partial charge on any atom is 0.305 e. The Morgan fingerprint density at radius 1 is 1.14 bits per heavy atom. The summed E-state index contributed by atoms with van der Waals surface area (Å²) in [5.41, 5.74) is 0.291. The zero-order valence-corrected chi connectivity index (χ0v) is 13.8. The van der Waals surface area contributed by atoms with Crippen LogP contribution >= 0.6 is 0 Å². The Labute approximate surface area is 128 Å². The lowest BCUT2D eigenvalue weighted by molar-refractivity contribution is -0.210. The highest BCUT2D eigenvalue weighted by Gasteiger charge is 2.47. The molecule has 1 unspecified atom stereocenters. The Morgan fingerprint density at radius 2 is 1.86 bits per heavy atom. The number of ether oxygens (including phenoxy) is 3. The van der Waals surface area contributed by atoms with Gasteiger partial charge in [0.05, 0.1) is 20.3 Å². The van der Waals surface area contributed by atoms with Gasteiger partial charge in [-0.1, -0.05) is 33.1 Å². The summed E-state index contributed by atoms with van der Waals surface area (Å²) in [6, 6.07) is 0. The lowest BCUT2D eigenvalue weighted by Crippen LogP contribution is -2.43. The second-order valence-corrected chi connectivity index (χ2v) is 7.40. The van der Waals surface area contributed by atoms with Crippen LogP contribution in [0.5, 0.6) is 0 Å². The van der Waals surface area contributed by atoms with E-state index in [9.17, 15) is 4.79 Å². The molecule has 0 radical (unpaired) electrons. The molecule has 1 aliphatic carbocycles. The highest BCUT2D eigenvalue weighted by Crippen LogP contribution is 2.49. The standard InChI is InChI=1S/C17H30O4/c1-16(2)11-14(7-5-4-6-8-15(18)19-3)12-17(13-16)20-9-10-21-17/h14H,4-13H2,1-3H3. The number of hydrogen-bond acceptors (Lipinski definition) is 4. The molecule has 4 heteroatoms. The van der Waals surface area contributed by atoms with Gasteiger partial charge < -0.3 is 14.2 Å². The van der Waals surface area contributed by atoms with Crippen LogP contribution in [-0.4, -0.2) is 32.1 Å². The van der Waals surface area contributed by atoms with E-state index < -0.39 is 0 Å². The van der Waals surface area contributed by atoms with Crippen LogP contribution in [-0.2, 0) is 19.0 Å². The molecule has 4 nitrogen and oxygen atoms in total. The summed E-state index contributed by atoms with van der Waals surface area (Å²) in [6.45, 7) is 6.12. The summed E-state index contributed by atoms with van der Waals surface area (Å²) in [5, 5.41) is 0. The van der Waals surface area contributed by atoms with Crippen molar-refractivity contribution >= 4 is 5.97 Å². The molecule has 1 heterocycles. The molecular weight excluding hydrogens is 268 g/mol. The van der Waals surface area contributed by atoms with E-state index in [1.807, 2.05) is 0 Å². The minimum absolute atomic E-state index is 0.0968. The summed E-state index contributed by atoms with van der Waals surface area (Å²) in [6.07, 6.45) is 8.25. The van der Waals surface area contributed by atoms with Gasteiger partial charge in [-0.15, -0.1) is 0 Å². The zero-order chi connectivity index (χ0) is 15.3. The van der Waals surface area contributed by atoms with E-state index in [1.54, 1.807) is 0 Å². The molecular formula is C17H30O4. The van der Waals surface area contributed by atoms with Gasteiger partial charge in [0.1, 0.15) is 0 Å². The molecule has 1 atom stereocenters. The van der Waals surface area contributed by atoms with Crippen LogP contribution in [0.2, 0.25) is 0 Å². The van der Waals surface area contributed by atoms with Crippen molar-refractivity contribution in [3.63, 3.8) is 0 Å². The van der Waals surface area contributed by atoms with Gasteiger partial charge >= 0.3 is 5.97 Å². The van der Waals surface area contributed by atoms with Crippen LogP contribution in [0.15, 0.2) is 0 Å². The normalized spacial score (nSPS) is 26.9. The highest BCUT2D eigenvalue weighted by atomic mass is 16.7. The number of unbranched alkanes of at least 4 members (excludes halogenated alkanes) is 2. The molecule has 0 aromatic carbocycles. The number of methoxy groups -OCH3 is 1. The van der Waals surface area contributed by atoms with Crippen molar-refractivity contribution in [2.24, 2.45) is 11.3 Å². The minimum atomic E-state index is -0.307. The number of hydrogen-bond donors (Lipinski definition) is 0. The Balaban J connectivity index is 1.73. The van der Waals surface area contributed by atoms with E-state index in [-0.39, 0.29) is 11.8 Å². The van der Waals surface area contributed by atoms with Crippen LogP contribution in [0.3, 0.4) is 0 Å². The largest absolute Gasteiger partial charge is 0.469 e. The lowest BCUT2D eigenvalue weighted by atomic mass is 9.68. The van der Waals surface area contributed by atoms with Crippen molar-refractivity contribution in [2.45, 2.75) is 71.0 Å². The van der Waals surface area contributed by atoms with Gasteiger partial charge in [-0.2, -0.15) is 0 Å². The fraction of sp³-hybridized carbons (Fsp3) is 0.941. The predicted molar refractivity (Wildman–Crippen MR) is 80.9 cm³/mol. The maximum atomic E-state index is 11.1. The van der Waals surface area contributed by atoms with Gasteiger partial charge in [0, 0.05) is 19.3 Å². The third-order valence-electron chi connectivity index (χ3n) is 4.72. The van der Waals surface area contributed by atoms with Gasteiger partial charge in [0.25, 0.3) is 0 Å². The third kappa shape index (κ3) is 4.96. The fourth-order valence-electron chi connectivity index (χ4n) is 4.07. The van der Waals surface area contributed by atoms with E-state index in [0.29, 0.717) is 17.8 Å². The molecule has 0 aromatic heterocycles. The highest BCUT2D eigenvalue weighted by molar-refractivity contribution is 5.68. The molecule has 1 saturated carbocycles. The van der Waals surface area contributed by atoms with Gasteiger partial charge in [-0.3, -0.25) is 4.79 Å². The van der Waals surface area contributed by atoms with Crippen molar-refractivity contribution in [1.82, 2.24) is 0 Å². The average molecular weight is 298 g/mol. The van der Waals surface area contributed by atoms with Gasteiger partial charge in [-0.25, -0.2) is 0 Å². The molecule has 0 aromatic rings. The first kappa shape index (κ1) is 16.8. The predicted octanol–water partition coefficient (Wildman–Crippen LogP) is 3.68. The lowest BCUT2D eigenvalue weighted by Gasteiger charge is -2.45. The van der Waals surface area contributed by atoms with Crippen LogP contribution in [0.4, 0.5) is 0 Å². The molecule has 0 bridgehead atoms. The smallest absolute Gasteiger partial charge is 0.305 e. The first-order valence-electron chi connectivity index (χ1n) is 8.29. The van der Waals surface area contributed by atoms with Crippen LogP contribution in [0, 0.1) is 11.3 Å². The third-order valence-corrected chi connectivity index (χ3v) is 4.72. The maximum absolute atomic E-state index is 11.1. The van der Waals surface area contributed by atoms with Crippen molar-refractivity contribution in [2.75, 3.05) is 20.3 Å². The Bertz CT molecular complexity index is 345. The summed E-state index contributed by atoms with van der Waals surface area (Å²) >= 11 is 0. The van der Waals surface area contributed by atoms with Crippen LogP contribution in [0.25, 0.3) is 0 Å². The number of esters is 1. The average Bonchev–Trinajstić information content (AvgIpc) is 2.83. The van der Waals surface area contributed by atoms with Gasteiger partial charge in [-0.05, 0) is 24.2 Å². The van der Waals surface area contributed by atoms with E-state index in [1.165, 1.54) is 26.4 Å². The molecule has 0 N–H and O–H groups in total. The van der Waals surface area contributed by atoms with E-state index in [4.69, 9.17) is 9.47 Å². The zero-order valence-electron chi connectivity index (χ0n) is 13.8. The summed E-state index contributed by atoms with van der Waals surface area (Å²) in [7, 11) is 1.45. The topological polar surface area (TPSA) is 44.8 Å². The number of carbonyl (C=O) groups excluding carboxylic acids is 1. The van der Waals surface area contributed by atoms with Crippen LogP contribution < -0.4 is 0 Å². The SMILES string of the molecule is COC(=O)CCCCCC1CC(C)(C)CC2(C1)OCCO2. The molecule has 1 aliphatic heterocycles. The molecule has 21 heavy (non-hydrogen) atoms. The molecule has 2 fully saturated rings. The summed E-state index contributed by atoms with van der Waals surface area (Å²) in [4.78, 5) is 11.1. The van der Waals surface area contributed by atoms with Crippen molar-refractivity contribution in [3.8, 4) is 0 Å². The van der Waals surface area contributed by atoms with E-state index >= 15 is 0 Å². The molecule has 2 rings (SSSR count). The van der Waals surface area contributed by atoms with Crippen molar-refractivity contribution in [3.05, 3.63) is 0 Å². The first-order chi connectivity index (χ1) is 9.95. The van der Waals surface area contributed by atoms with Crippen LogP contribution in [0.1, 0.15) is 65.2 Å². The molecule has 1 saturated heterocycles. The first-order valence-corrected chi connectivity index (χ1v) is 8.29. The Hall–Kier alpha value is -0.610. The second kappa shape index (κ2) is 7.10. The van der Waals surface area contributed by atoms with E-state index in [2.05, 4.69) is 18.6 Å². The summed E-state index contributed by atoms with van der Waals surface area (Å²) < 4.78 is 16.5. The number of carbonyl (C=O) groups is 1. The number of rotatable bonds is 6. The molecule has 0 amide bonds. The van der Waals surface area contributed by atoms with Gasteiger partial charge in [0.2, 0.25) is 0 Å². The molecule has 2 aliphatic rings. The van der Waals surface area contributed by atoms with Crippen molar-refractivity contribution in [1.29, 1.82) is 0 Å². The fourth-order valence-corrected chi connectivity index (χ4v) is 4.07. The Morgan fingerprint density at radius 3 is 2.52 bits per heavy atom. The monoisotopic (exact) mass is 298 g/mol. The minimum Gasteiger partial charge on any atom is -0.469 e. The summed E-state index contributed by atoms with van der Waals surface area (Å²) in [5.74, 6) is 0.267. The van der Waals surface area contributed by atoms with E-state index in [0.717, 1.165) is 38.9 Å². The Kier molecular flexibility index (Phi) is 5.67. The second-order valence-electron chi connectivity index (χ2n) is 7.40. The molecule has 1 spiro atoms.